The zero-order valence-electron chi connectivity index (χ0n) is 10.2. The number of hydrogen-bond donors (Lipinski definition) is 1. The van der Waals surface area contributed by atoms with E-state index in [0.29, 0.717) is 6.61 Å². The highest BCUT2D eigenvalue weighted by Crippen LogP contribution is 2.34. The summed E-state index contributed by atoms with van der Waals surface area (Å²) >= 11 is 2.22. The summed E-state index contributed by atoms with van der Waals surface area (Å²) in [6.45, 7) is 6.51. The van der Waals surface area contributed by atoms with Crippen molar-refractivity contribution in [1.29, 1.82) is 0 Å². The van der Waals surface area contributed by atoms with Crippen molar-refractivity contribution in [2.45, 2.75) is 26.9 Å². The van der Waals surface area contributed by atoms with Gasteiger partial charge in [0.15, 0.2) is 11.5 Å². The highest BCUT2D eigenvalue weighted by molar-refractivity contribution is 14.1. The Kier molecular flexibility index (Phi) is 5.54. The van der Waals surface area contributed by atoms with E-state index in [0.717, 1.165) is 20.6 Å². The van der Waals surface area contributed by atoms with Gasteiger partial charge in [-0.05, 0) is 61.1 Å². The lowest BCUT2D eigenvalue weighted by atomic mass is 10.2. The van der Waals surface area contributed by atoms with Gasteiger partial charge >= 0.3 is 0 Å². The van der Waals surface area contributed by atoms with E-state index in [-0.39, 0.29) is 6.10 Å². The molecule has 1 rings (SSSR count). The standard InChI is InChI=1S/C12H17IN2O2/c1-4-16-11-6-9(7-15-14)5-10(13)12(11)17-8(2)3/h5-8H,4,14H2,1-3H3. The minimum absolute atomic E-state index is 0.108. The van der Waals surface area contributed by atoms with Gasteiger partial charge in [-0.15, -0.1) is 0 Å². The molecule has 0 aromatic heterocycles. The van der Waals surface area contributed by atoms with Gasteiger partial charge in [0.1, 0.15) is 0 Å². The van der Waals surface area contributed by atoms with Crippen LogP contribution in [0.25, 0.3) is 0 Å². The summed E-state index contributed by atoms with van der Waals surface area (Å²) in [5.74, 6) is 6.65. The molecular weight excluding hydrogens is 331 g/mol. The van der Waals surface area contributed by atoms with Crippen molar-refractivity contribution in [2.75, 3.05) is 6.61 Å². The van der Waals surface area contributed by atoms with Crippen LogP contribution in [0.1, 0.15) is 26.3 Å². The minimum Gasteiger partial charge on any atom is -0.490 e. The number of hydrogen-bond acceptors (Lipinski definition) is 4. The smallest absolute Gasteiger partial charge is 0.174 e. The predicted molar refractivity (Wildman–Crippen MR) is 77.9 cm³/mol. The third-order valence-corrected chi connectivity index (χ3v) is 2.71. The Morgan fingerprint density at radius 3 is 2.71 bits per heavy atom. The average Bonchev–Trinajstić information content (AvgIpc) is 2.23. The maximum absolute atomic E-state index is 5.75. The zero-order chi connectivity index (χ0) is 12.8. The van der Waals surface area contributed by atoms with Gasteiger partial charge in [0.25, 0.3) is 0 Å². The van der Waals surface area contributed by atoms with Crippen molar-refractivity contribution in [2.24, 2.45) is 10.9 Å². The molecule has 94 valence electrons. The molecular formula is C12H17IN2O2. The van der Waals surface area contributed by atoms with E-state index in [4.69, 9.17) is 15.3 Å². The first-order chi connectivity index (χ1) is 8.08. The van der Waals surface area contributed by atoms with Crippen LogP contribution >= 0.6 is 22.6 Å². The molecule has 17 heavy (non-hydrogen) atoms. The van der Waals surface area contributed by atoms with Crippen molar-refractivity contribution in [1.82, 2.24) is 0 Å². The van der Waals surface area contributed by atoms with Gasteiger partial charge in [0, 0.05) is 0 Å². The van der Waals surface area contributed by atoms with E-state index in [2.05, 4.69) is 27.7 Å². The first kappa shape index (κ1) is 14.1. The van der Waals surface area contributed by atoms with Gasteiger partial charge in [-0.2, -0.15) is 5.10 Å². The van der Waals surface area contributed by atoms with Crippen LogP contribution < -0.4 is 15.3 Å². The first-order valence-corrected chi connectivity index (χ1v) is 6.52. The fraction of sp³-hybridized carbons (Fsp3) is 0.417. The monoisotopic (exact) mass is 348 g/mol. The highest BCUT2D eigenvalue weighted by Gasteiger charge is 2.12. The summed E-state index contributed by atoms with van der Waals surface area (Å²) in [4.78, 5) is 0. The van der Waals surface area contributed by atoms with Gasteiger partial charge in [-0.3, -0.25) is 0 Å². The Morgan fingerprint density at radius 2 is 2.18 bits per heavy atom. The molecule has 0 heterocycles. The fourth-order valence-corrected chi connectivity index (χ4v) is 2.11. The quantitative estimate of drug-likeness (QED) is 0.385. The Hall–Kier alpha value is -0.980. The number of rotatable bonds is 5. The summed E-state index contributed by atoms with van der Waals surface area (Å²) in [5.41, 5.74) is 0.899. The summed E-state index contributed by atoms with van der Waals surface area (Å²) < 4.78 is 12.3. The second kappa shape index (κ2) is 6.68. The molecule has 0 aliphatic rings. The number of halogens is 1. The Labute approximate surface area is 115 Å². The summed E-state index contributed by atoms with van der Waals surface area (Å²) in [7, 11) is 0. The lowest BCUT2D eigenvalue weighted by Crippen LogP contribution is -2.09. The maximum Gasteiger partial charge on any atom is 0.174 e. The minimum atomic E-state index is 0.108. The molecule has 0 fully saturated rings. The zero-order valence-corrected chi connectivity index (χ0v) is 12.4. The van der Waals surface area contributed by atoms with Crippen molar-refractivity contribution in [3.8, 4) is 11.5 Å². The largest absolute Gasteiger partial charge is 0.490 e. The normalized spacial score (nSPS) is 11.1. The van der Waals surface area contributed by atoms with Gasteiger partial charge in [0.05, 0.1) is 22.5 Å². The molecule has 1 aromatic carbocycles. The number of hydrazone groups is 1. The van der Waals surface area contributed by atoms with Gasteiger partial charge in [0.2, 0.25) is 0 Å². The van der Waals surface area contributed by atoms with Crippen molar-refractivity contribution in [3.63, 3.8) is 0 Å². The molecule has 2 N–H and O–H groups in total. The van der Waals surface area contributed by atoms with E-state index in [9.17, 15) is 0 Å². The van der Waals surface area contributed by atoms with E-state index in [1.807, 2.05) is 32.9 Å². The molecule has 4 nitrogen and oxygen atoms in total. The van der Waals surface area contributed by atoms with E-state index in [1.54, 1.807) is 6.21 Å². The second-order valence-corrected chi connectivity index (χ2v) is 4.87. The van der Waals surface area contributed by atoms with Crippen LogP contribution in [-0.2, 0) is 0 Å². The third-order valence-electron chi connectivity index (χ3n) is 1.91. The molecule has 0 spiro atoms. The predicted octanol–water partition coefficient (Wildman–Crippen LogP) is 2.77. The van der Waals surface area contributed by atoms with Gasteiger partial charge < -0.3 is 15.3 Å². The van der Waals surface area contributed by atoms with Crippen LogP contribution in [0.4, 0.5) is 0 Å². The molecule has 0 atom stereocenters. The first-order valence-electron chi connectivity index (χ1n) is 5.44. The number of benzene rings is 1. The Bertz CT molecular complexity index is 406. The van der Waals surface area contributed by atoms with E-state index >= 15 is 0 Å². The van der Waals surface area contributed by atoms with Crippen molar-refractivity contribution in [3.05, 3.63) is 21.3 Å². The summed E-state index contributed by atoms with van der Waals surface area (Å²) in [6, 6.07) is 3.83. The Morgan fingerprint density at radius 1 is 1.47 bits per heavy atom. The van der Waals surface area contributed by atoms with Crippen LogP contribution in [0.3, 0.4) is 0 Å². The van der Waals surface area contributed by atoms with Crippen molar-refractivity contribution >= 4 is 28.8 Å². The molecule has 1 aromatic rings. The second-order valence-electron chi connectivity index (χ2n) is 3.71. The molecule has 5 heteroatoms. The van der Waals surface area contributed by atoms with Crippen molar-refractivity contribution < 1.29 is 9.47 Å². The molecule has 0 saturated carbocycles. The third kappa shape index (κ3) is 4.07. The Balaban J connectivity index is 3.17. The number of ether oxygens (including phenoxy) is 2. The highest BCUT2D eigenvalue weighted by atomic mass is 127. The van der Waals surface area contributed by atoms with Gasteiger partial charge in [-0.1, -0.05) is 0 Å². The maximum atomic E-state index is 5.75. The molecule has 0 bridgehead atoms. The lowest BCUT2D eigenvalue weighted by molar-refractivity contribution is 0.222. The van der Waals surface area contributed by atoms with Crippen LogP contribution in [0, 0.1) is 3.57 Å². The van der Waals surface area contributed by atoms with Crippen LogP contribution in [0.5, 0.6) is 11.5 Å². The molecule has 0 aliphatic heterocycles. The van der Waals surface area contributed by atoms with Crippen LogP contribution in [-0.4, -0.2) is 18.9 Å². The SMILES string of the molecule is CCOc1cc(C=NN)cc(I)c1OC(C)C. The van der Waals surface area contributed by atoms with Crippen LogP contribution in [0.2, 0.25) is 0 Å². The fourth-order valence-electron chi connectivity index (χ4n) is 1.36. The topological polar surface area (TPSA) is 56.8 Å². The number of nitrogens with zero attached hydrogens (tertiary/aromatic N) is 1. The molecule has 0 unspecified atom stereocenters. The average molecular weight is 348 g/mol. The molecule has 0 amide bonds. The number of nitrogens with two attached hydrogens (primary N) is 1. The van der Waals surface area contributed by atoms with E-state index < -0.39 is 0 Å². The van der Waals surface area contributed by atoms with Gasteiger partial charge in [-0.25, -0.2) is 0 Å². The van der Waals surface area contributed by atoms with Crippen LogP contribution in [0.15, 0.2) is 17.2 Å². The summed E-state index contributed by atoms with van der Waals surface area (Å²) in [6.07, 6.45) is 1.70. The lowest BCUT2D eigenvalue weighted by Gasteiger charge is -2.16. The summed E-state index contributed by atoms with van der Waals surface area (Å²) in [5, 5.41) is 3.51. The molecule has 0 aliphatic carbocycles. The molecule has 0 radical (unpaired) electrons. The van der Waals surface area contributed by atoms with E-state index in [1.165, 1.54) is 0 Å². The molecule has 0 saturated heterocycles.